The molecule has 2 rings (SSSR count). The van der Waals surface area contributed by atoms with Crippen LogP contribution >= 0.6 is 0 Å². The van der Waals surface area contributed by atoms with Gasteiger partial charge in [-0.25, -0.2) is 9.07 Å². The molecule has 0 aliphatic carbocycles. The van der Waals surface area contributed by atoms with Gasteiger partial charge >= 0.3 is 5.97 Å². The second-order valence-electron chi connectivity index (χ2n) is 3.47. The molecule has 5 nitrogen and oxygen atoms in total. The topological polar surface area (TPSA) is 68.0 Å². The van der Waals surface area contributed by atoms with Crippen molar-refractivity contribution in [2.75, 3.05) is 0 Å². The van der Waals surface area contributed by atoms with Gasteiger partial charge in [0.05, 0.1) is 24.9 Å². The highest BCUT2D eigenvalue weighted by Gasteiger charge is 2.11. The molecule has 1 aromatic heterocycles. The summed E-state index contributed by atoms with van der Waals surface area (Å²) in [5, 5.41) is 16.0. The highest BCUT2D eigenvalue weighted by molar-refractivity contribution is 5.66. The van der Waals surface area contributed by atoms with Crippen LogP contribution in [0.5, 0.6) is 0 Å². The van der Waals surface area contributed by atoms with Gasteiger partial charge in [0.15, 0.2) is 0 Å². The number of carboxylic acid groups (broad SMARTS) is 1. The van der Waals surface area contributed by atoms with Gasteiger partial charge in [0, 0.05) is 5.56 Å². The predicted molar refractivity (Wildman–Crippen MR) is 57.7 cm³/mol. The van der Waals surface area contributed by atoms with E-state index in [9.17, 15) is 9.18 Å². The molecule has 0 aliphatic heterocycles. The highest BCUT2D eigenvalue weighted by Crippen LogP contribution is 2.21. The fraction of sp³-hybridized carbons (Fsp3) is 0.182. The van der Waals surface area contributed by atoms with Crippen molar-refractivity contribution in [2.24, 2.45) is 0 Å². The van der Waals surface area contributed by atoms with Gasteiger partial charge < -0.3 is 5.11 Å². The van der Waals surface area contributed by atoms with E-state index in [-0.39, 0.29) is 18.8 Å². The van der Waals surface area contributed by atoms with E-state index < -0.39 is 5.97 Å². The van der Waals surface area contributed by atoms with E-state index in [1.807, 2.05) is 0 Å². The fourth-order valence-electron chi connectivity index (χ4n) is 1.50. The predicted octanol–water partition coefficient (Wildman–Crippen LogP) is 1.56. The summed E-state index contributed by atoms with van der Waals surface area (Å²) in [6.45, 7) is 0.166. The van der Waals surface area contributed by atoms with Gasteiger partial charge in [-0.1, -0.05) is 17.3 Å². The van der Waals surface area contributed by atoms with Crippen molar-refractivity contribution in [3.05, 3.63) is 36.3 Å². The van der Waals surface area contributed by atoms with Crippen molar-refractivity contribution >= 4 is 5.97 Å². The normalized spacial score (nSPS) is 10.4. The SMILES string of the molecule is O=C(O)CCn1nncc1-c1ccccc1F. The number of aromatic nitrogens is 3. The Morgan fingerprint density at radius 3 is 2.88 bits per heavy atom. The first-order valence-electron chi connectivity index (χ1n) is 5.03. The molecule has 0 atom stereocenters. The third kappa shape index (κ3) is 2.47. The van der Waals surface area contributed by atoms with Crippen LogP contribution < -0.4 is 0 Å². The molecule has 1 heterocycles. The van der Waals surface area contributed by atoms with E-state index in [1.54, 1.807) is 18.2 Å². The minimum atomic E-state index is -0.931. The monoisotopic (exact) mass is 235 g/mol. The molecule has 0 amide bonds. The Morgan fingerprint density at radius 1 is 1.41 bits per heavy atom. The molecular formula is C11H10FN3O2. The highest BCUT2D eigenvalue weighted by atomic mass is 19.1. The third-order valence-corrected chi connectivity index (χ3v) is 2.30. The first kappa shape index (κ1) is 11.3. The number of rotatable bonds is 4. The molecule has 0 spiro atoms. The zero-order chi connectivity index (χ0) is 12.3. The molecule has 88 valence electrons. The van der Waals surface area contributed by atoms with Gasteiger partial charge in [-0.3, -0.25) is 4.79 Å². The van der Waals surface area contributed by atoms with Crippen LogP contribution in [0.15, 0.2) is 30.5 Å². The van der Waals surface area contributed by atoms with Crippen LogP contribution in [0.3, 0.4) is 0 Å². The number of hydrogen-bond acceptors (Lipinski definition) is 3. The summed E-state index contributed by atoms with van der Waals surface area (Å²) in [5.74, 6) is -1.31. The largest absolute Gasteiger partial charge is 0.481 e. The molecule has 0 saturated heterocycles. The molecule has 6 heteroatoms. The fourth-order valence-corrected chi connectivity index (χ4v) is 1.50. The second kappa shape index (κ2) is 4.73. The van der Waals surface area contributed by atoms with Crippen LogP contribution in [-0.2, 0) is 11.3 Å². The van der Waals surface area contributed by atoms with Crippen LogP contribution in [0.25, 0.3) is 11.3 Å². The minimum Gasteiger partial charge on any atom is -0.481 e. The average Bonchev–Trinajstić information content (AvgIpc) is 2.75. The summed E-state index contributed by atoms with van der Waals surface area (Å²) in [7, 11) is 0. The number of carboxylic acids is 1. The Balaban J connectivity index is 2.31. The number of aliphatic carboxylic acids is 1. The van der Waals surface area contributed by atoms with Crippen molar-refractivity contribution in [1.29, 1.82) is 0 Å². The van der Waals surface area contributed by atoms with E-state index in [4.69, 9.17) is 5.11 Å². The Kier molecular flexibility index (Phi) is 3.13. The summed E-state index contributed by atoms with van der Waals surface area (Å²) in [4.78, 5) is 10.5. The van der Waals surface area contributed by atoms with Crippen LogP contribution in [0, 0.1) is 5.82 Å². The van der Waals surface area contributed by atoms with E-state index in [0.29, 0.717) is 11.3 Å². The summed E-state index contributed by atoms with van der Waals surface area (Å²) in [5.41, 5.74) is 0.840. The van der Waals surface area contributed by atoms with Crippen LogP contribution in [0.4, 0.5) is 4.39 Å². The van der Waals surface area contributed by atoms with E-state index in [0.717, 1.165) is 0 Å². The van der Waals surface area contributed by atoms with Crippen molar-refractivity contribution in [2.45, 2.75) is 13.0 Å². The van der Waals surface area contributed by atoms with Crippen molar-refractivity contribution in [1.82, 2.24) is 15.0 Å². The molecule has 0 bridgehead atoms. The van der Waals surface area contributed by atoms with Gasteiger partial charge in [0.1, 0.15) is 5.82 Å². The maximum atomic E-state index is 13.5. The molecule has 0 radical (unpaired) electrons. The molecule has 0 saturated carbocycles. The zero-order valence-corrected chi connectivity index (χ0v) is 8.88. The molecule has 2 aromatic rings. The van der Waals surface area contributed by atoms with Crippen molar-refractivity contribution < 1.29 is 14.3 Å². The molecule has 17 heavy (non-hydrogen) atoms. The summed E-state index contributed by atoms with van der Waals surface area (Å²) in [6.07, 6.45) is 1.34. The number of aryl methyl sites for hydroxylation is 1. The first-order valence-corrected chi connectivity index (χ1v) is 5.03. The van der Waals surface area contributed by atoms with Crippen molar-refractivity contribution in [3.63, 3.8) is 0 Å². The lowest BCUT2D eigenvalue weighted by atomic mass is 10.1. The minimum absolute atomic E-state index is 0.0786. The maximum Gasteiger partial charge on any atom is 0.305 e. The number of hydrogen-bond donors (Lipinski definition) is 1. The van der Waals surface area contributed by atoms with Gasteiger partial charge in [-0.2, -0.15) is 0 Å². The number of halogens is 1. The zero-order valence-electron chi connectivity index (χ0n) is 8.88. The standard InChI is InChI=1S/C11H10FN3O2/c12-9-4-2-1-3-8(9)10-7-13-14-15(10)6-5-11(16)17/h1-4,7H,5-6H2,(H,16,17). The van der Waals surface area contributed by atoms with Crippen LogP contribution in [0.1, 0.15) is 6.42 Å². The Morgan fingerprint density at radius 2 is 2.18 bits per heavy atom. The van der Waals surface area contributed by atoms with Crippen LogP contribution in [-0.4, -0.2) is 26.1 Å². The lowest BCUT2D eigenvalue weighted by Gasteiger charge is -2.05. The van der Waals surface area contributed by atoms with E-state index >= 15 is 0 Å². The lowest BCUT2D eigenvalue weighted by Crippen LogP contribution is -2.07. The molecule has 0 aliphatic rings. The van der Waals surface area contributed by atoms with E-state index in [1.165, 1.54) is 16.9 Å². The molecule has 0 unspecified atom stereocenters. The summed E-state index contributed by atoms with van der Waals surface area (Å²) < 4.78 is 14.9. The van der Waals surface area contributed by atoms with Gasteiger partial charge in [-0.05, 0) is 12.1 Å². The summed E-state index contributed by atoms with van der Waals surface area (Å²) >= 11 is 0. The second-order valence-corrected chi connectivity index (χ2v) is 3.47. The first-order chi connectivity index (χ1) is 8.18. The molecule has 1 aromatic carbocycles. The number of nitrogens with zero attached hydrogens (tertiary/aromatic N) is 3. The maximum absolute atomic E-state index is 13.5. The van der Waals surface area contributed by atoms with Crippen molar-refractivity contribution in [3.8, 4) is 11.3 Å². The molecular weight excluding hydrogens is 225 g/mol. The summed E-state index contributed by atoms with van der Waals surface area (Å²) in [6, 6.07) is 6.23. The Bertz CT molecular complexity index is 539. The molecule has 1 N–H and O–H groups in total. The lowest BCUT2D eigenvalue weighted by molar-refractivity contribution is -0.137. The van der Waals surface area contributed by atoms with E-state index in [2.05, 4.69) is 10.3 Å². The number of carbonyl (C=O) groups is 1. The average molecular weight is 235 g/mol. The Hall–Kier alpha value is -2.24. The third-order valence-electron chi connectivity index (χ3n) is 2.30. The Labute approximate surface area is 96.5 Å². The quantitative estimate of drug-likeness (QED) is 0.873. The number of benzene rings is 1. The van der Waals surface area contributed by atoms with Crippen LogP contribution in [0.2, 0.25) is 0 Å². The van der Waals surface area contributed by atoms with Gasteiger partial charge in [0.2, 0.25) is 0 Å². The van der Waals surface area contributed by atoms with Gasteiger partial charge in [0.25, 0.3) is 0 Å². The smallest absolute Gasteiger partial charge is 0.305 e. The van der Waals surface area contributed by atoms with Gasteiger partial charge in [-0.15, -0.1) is 5.10 Å². The molecule has 0 fully saturated rings.